The zero-order chi connectivity index (χ0) is 14.5. The zero-order valence-electron chi connectivity index (χ0n) is 10.6. The molecule has 20 heavy (non-hydrogen) atoms. The van der Waals surface area contributed by atoms with E-state index in [1.54, 1.807) is 24.3 Å². The van der Waals surface area contributed by atoms with Crippen LogP contribution in [0.15, 0.2) is 30.6 Å². The summed E-state index contributed by atoms with van der Waals surface area (Å²) in [5.74, 6) is 0.292. The first-order valence-corrected chi connectivity index (χ1v) is 6.25. The third kappa shape index (κ3) is 3.12. The number of nitrogens with one attached hydrogen (secondary N) is 2. The van der Waals surface area contributed by atoms with Crippen molar-refractivity contribution < 1.29 is 4.92 Å². The lowest BCUT2D eigenvalue weighted by Gasteiger charge is -2.09. The maximum Gasteiger partial charge on any atom is 0.353 e. The molecule has 0 spiro atoms. The Balaban J connectivity index is 2.40. The molecule has 7 nitrogen and oxygen atoms in total. The Kier molecular flexibility index (Phi) is 4.31. The van der Waals surface area contributed by atoms with Crippen molar-refractivity contribution in [1.82, 2.24) is 9.97 Å². The van der Waals surface area contributed by atoms with E-state index < -0.39 is 4.92 Å². The first-order valence-electron chi connectivity index (χ1n) is 5.87. The third-order valence-corrected chi connectivity index (χ3v) is 2.67. The lowest BCUT2D eigenvalue weighted by atomic mass is 10.3. The van der Waals surface area contributed by atoms with Crippen LogP contribution < -0.4 is 10.6 Å². The van der Waals surface area contributed by atoms with E-state index in [1.165, 1.54) is 6.33 Å². The van der Waals surface area contributed by atoms with E-state index in [0.29, 0.717) is 17.3 Å². The number of hydrogen-bond acceptors (Lipinski definition) is 6. The van der Waals surface area contributed by atoms with Crippen molar-refractivity contribution in [1.29, 1.82) is 0 Å². The molecule has 0 aliphatic rings. The van der Waals surface area contributed by atoms with Crippen molar-refractivity contribution in [2.45, 2.75) is 6.92 Å². The van der Waals surface area contributed by atoms with Crippen molar-refractivity contribution in [3.05, 3.63) is 45.7 Å². The average Bonchev–Trinajstić information content (AvgIpc) is 2.39. The number of anilines is 3. The lowest BCUT2D eigenvalue weighted by molar-refractivity contribution is -0.383. The summed E-state index contributed by atoms with van der Waals surface area (Å²) in [5, 5.41) is 17.4. The van der Waals surface area contributed by atoms with Crippen molar-refractivity contribution in [3.63, 3.8) is 0 Å². The molecular formula is C12H12ClN5O2. The normalized spacial score (nSPS) is 10.1. The summed E-state index contributed by atoms with van der Waals surface area (Å²) < 4.78 is 0. The minimum Gasteiger partial charge on any atom is -0.364 e. The largest absolute Gasteiger partial charge is 0.364 e. The van der Waals surface area contributed by atoms with E-state index in [2.05, 4.69) is 20.6 Å². The molecule has 0 amide bonds. The van der Waals surface area contributed by atoms with Crippen molar-refractivity contribution in [2.24, 2.45) is 0 Å². The Morgan fingerprint density at radius 1 is 1.35 bits per heavy atom. The maximum atomic E-state index is 11.2. The fourth-order valence-electron chi connectivity index (χ4n) is 1.64. The van der Waals surface area contributed by atoms with E-state index in [-0.39, 0.29) is 17.3 Å². The van der Waals surface area contributed by atoms with Crippen molar-refractivity contribution in [2.75, 3.05) is 17.2 Å². The zero-order valence-corrected chi connectivity index (χ0v) is 11.4. The van der Waals surface area contributed by atoms with E-state index >= 15 is 0 Å². The summed E-state index contributed by atoms with van der Waals surface area (Å²) in [6, 6.07) is 6.85. The van der Waals surface area contributed by atoms with Gasteiger partial charge in [-0.3, -0.25) is 10.1 Å². The molecule has 0 atom stereocenters. The number of hydrogen-bond donors (Lipinski definition) is 2. The molecular weight excluding hydrogens is 282 g/mol. The second kappa shape index (κ2) is 6.16. The van der Waals surface area contributed by atoms with Crippen molar-refractivity contribution >= 4 is 34.6 Å². The lowest BCUT2D eigenvalue weighted by Crippen LogP contribution is -2.07. The molecule has 8 heteroatoms. The molecule has 0 saturated heterocycles. The van der Waals surface area contributed by atoms with Gasteiger partial charge in [0.2, 0.25) is 11.6 Å². The van der Waals surface area contributed by atoms with Gasteiger partial charge in [0.15, 0.2) is 0 Å². The molecule has 0 aliphatic heterocycles. The second-order valence-electron chi connectivity index (χ2n) is 3.84. The first kappa shape index (κ1) is 14.0. The molecule has 0 aliphatic carbocycles. The van der Waals surface area contributed by atoms with Crippen LogP contribution in [-0.4, -0.2) is 21.4 Å². The number of benzene rings is 1. The van der Waals surface area contributed by atoms with E-state index in [9.17, 15) is 10.1 Å². The van der Waals surface area contributed by atoms with Crippen LogP contribution in [0.5, 0.6) is 0 Å². The van der Waals surface area contributed by atoms with Crippen LogP contribution in [0.3, 0.4) is 0 Å². The Morgan fingerprint density at radius 3 is 2.75 bits per heavy atom. The maximum absolute atomic E-state index is 11.2. The van der Waals surface area contributed by atoms with Crippen LogP contribution in [0.4, 0.5) is 23.0 Å². The van der Waals surface area contributed by atoms with Gasteiger partial charge in [0.25, 0.3) is 0 Å². The van der Waals surface area contributed by atoms with Crippen LogP contribution in [0.25, 0.3) is 0 Å². The van der Waals surface area contributed by atoms with E-state index in [0.717, 1.165) is 0 Å². The summed E-state index contributed by atoms with van der Waals surface area (Å²) in [4.78, 5) is 18.5. The molecule has 2 rings (SSSR count). The molecule has 1 heterocycles. The van der Waals surface area contributed by atoms with E-state index in [1.807, 2.05) is 6.92 Å². The SMILES string of the molecule is CCNc1ncnc(Nc2cccc(Cl)c2)c1[N+](=O)[O-]. The van der Waals surface area contributed by atoms with Gasteiger partial charge < -0.3 is 10.6 Å². The minimum atomic E-state index is -0.523. The fourth-order valence-corrected chi connectivity index (χ4v) is 1.83. The fraction of sp³-hybridized carbons (Fsp3) is 0.167. The molecule has 0 bridgehead atoms. The summed E-state index contributed by atoms with van der Waals surface area (Å²) in [6.07, 6.45) is 1.26. The van der Waals surface area contributed by atoms with Crippen molar-refractivity contribution in [3.8, 4) is 0 Å². The highest BCUT2D eigenvalue weighted by atomic mass is 35.5. The second-order valence-corrected chi connectivity index (χ2v) is 4.28. The minimum absolute atomic E-state index is 0.114. The number of nitro groups is 1. The highest BCUT2D eigenvalue weighted by molar-refractivity contribution is 6.30. The molecule has 1 aromatic carbocycles. The number of nitrogens with zero attached hydrogens (tertiary/aromatic N) is 3. The third-order valence-electron chi connectivity index (χ3n) is 2.44. The van der Waals surface area contributed by atoms with Crippen LogP contribution in [0.2, 0.25) is 5.02 Å². The van der Waals surface area contributed by atoms with Gasteiger partial charge in [-0.25, -0.2) is 9.97 Å². The van der Waals surface area contributed by atoms with Gasteiger partial charge in [-0.1, -0.05) is 17.7 Å². The number of rotatable bonds is 5. The highest BCUT2D eigenvalue weighted by Crippen LogP contribution is 2.31. The smallest absolute Gasteiger partial charge is 0.353 e. The van der Waals surface area contributed by atoms with Gasteiger partial charge in [0.1, 0.15) is 6.33 Å². The summed E-state index contributed by atoms with van der Waals surface area (Å²) in [5.41, 5.74) is 0.413. The highest BCUT2D eigenvalue weighted by Gasteiger charge is 2.22. The molecule has 0 saturated carbocycles. The predicted octanol–water partition coefficient (Wildman–Crippen LogP) is 3.21. The van der Waals surface area contributed by atoms with Gasteiger partial charge in [-0.15, -0.1) is 0 Å². The Labute approximate surface area is 120 Å². The first-order chi connectivity index (χ1) is 9.61. The Bertz CT molecular complexity index is 635. The molecule has 2 N–H and O–H groups in total. The van der Waals surface area contributed by atoms with E-state index in [4.69, 9.17) is 11.6 Å². The molecule has 2 aromatic rings. The molecule has 0 fully saturated rings. The molecule has 0 radical (unpaired) electrons. The molecule has 104 valence electrons. The average molecular weight is 294 g/mol. The van der Waals surface area contributed by atoms with Gasteiger partial charge in [-0.05, 0) is 25.1 Å². The summed E-state index contributed by atoms with van der Waals surface area (Å²) >= 11 is 5.88. The van der Waals surface area contributed by atoms with Gasteiger partial charge >= 0.3 is 5.69 Å². The van der Waals surface area contributed by atoms with Crippen LogP contribution in [-0.2, 0) is 0 Å². The Hall–Kier alpha value is -2.41. The standard InChI is InChI=1S/C12H12ClN5O2/c1-2-14-11-10(18(19)20)12(16-7-15-11)17-9-5-3-4-8(13)6-9/h3-7H,2H2,1H3,(H2,14,15,16,17). The number of halogens is 1. The van der Waals surface area contributed by atoms with Crippen LogP contribution >= 0.6 is 11.6 Å². The summed E-state index contributed by atoms with van der Waals surface area (Å²) in [6.45, 7) is 2.35. The van der Waals surface area contributed by atoms with Crippen LogP contribution in [0.1, 0.15) is 6.92 Å². The molecule has 1 aromatic heterocycles. The quantitative estimate of drug-likeness (QED) is 0.649. The number of aromatic nitrogens is 2. The Morgan fingerprint density at radius 2 is 2.10 bits per heavy atom. The van der Waals surface area contributed by atoms with Crippen LogP contribution in [0, 0.1) is 10.1 Å². The molecule has 0 unspecified atom stereocenters. The predicted molar refractivity (Wildman–Crippen MR) is 77.6 cm³/mol. The monoisotopic (exact) mass is 293 g/mol. The van der Waals surface area contributed by atoms with Gasteiger partial charge in [0.05, 0.1) is 4.92 Å². The summed E-state index contributed by atoms with van der Waals surface area (Å²) in [7, 11) is 0. The van der Waals surface area contributed by atoms with Gasteiger partial charge in [0, 0.05) is 17.3 Å². The van der Waals surface area contributed by atoms with Gasteiger partial charge in [-0.2, -0.15) is 0 Å². The topological polar surface area (TPSA) is 93.0 Å².